The van der Waals surface area contributed by atoms with Gasteiger partial charge in [-0.1, -0.05) is 0 Å². The predicted octanol–water partition coefficient (Wildman–Crippen LogP) is 1.39. The maximum atomic E-state index is 13.9. The summed E-state index contributed by atoms with van der Waals surface area (Å²) in [5, 5.41) is 0. The molecule has 2 N–H and O–H groups in total. The summed E-state index contributed by atoms with van der Waals surface area (Å²) in [5.41, 5.74) is 4.12. The van der Waals surface area contributed by atoms with Crippen LogP contribution >= 0.6 is 0 Å². The van der Waals surface area contributed by atoms with Crippen LogP contribution in [0.15, 0.2) is 12.3 Å². The third-order valence-electron chi connectivity index (χ3n) is 4.48. The fourth-order valence-corrected chi connectivity index (χ4v) is 3.53. The fourth-order valence-electron chi connectivity index (χ4n) is 3.53. The quantitative estimate of drug-likeness (QED) is 0.890. The molecule has 123 valence electrons. The second-order valence-corrected chi connectivity index (χ2v) is 6.27. The number of nitrogens with zero attached hydrogens (tertiary/aromatic N) is 3. The van der Waals surface area contributed by atoms with Crippen molar-refractivity contribution >= 4 is 17.6 Å². The van der Waals surface area contributed by atoms with Crippen molar-refractivity contribution in [2.75, 3.05) is 4.90 Å². The Bertz CT molecular complexity index is 667. The molecule has 1 saturated carbocycles. The number of amides is 2. The topological polar surface area (TPSA) is 89.2 Å². The number of aromatic nitrogens is 2. The highest BCUT2D eigenvalue weighted by molar-refractivity contribution is 6.06. The largest absolute Gasteiger partial charge is 0.368 e. The van der Waals surface area contributed by atoms with Gasteiger partial charge in [0.1, 0.15) is 17.7 Å². The Hall–Kier alpha value is -2.12. The lowest BCUT2D eigenvalue weighted by atomic mass is 9.70. The van der Waals surface area contributed by atoms with Crippen LogP contribution in [0.25, 0.3) is 0 Å². The minimum atomic E-state index is -2.95. The van der Waals surface area contributed by atoms with Crippen molar-refractivity contribution in [3.05, 3.63) is 24.5 Å². The molecule has 0 bridgehead atoms. The third kappa shape index (κ3) is 2.66. The summed E-state index contributed by atoms with van der Waals surface area (Å²) >= 11 is 0. The number of alkyl halides is 2. The third-order valence-corrected chi connectivity index (χ3v) is 4.48. The van der Waals surface area contributed by atoms with Gasteiger partial charge in [-0.2, -0.15) is 0 Å². The highest BCUT2D eigenvalue weighted by atomic mass is 19.3. The number of anilines is 1. The van der Waals surface area contributed by atoms with E-state index in [9.17, 15) is 18.4 Å². The second kappa shape index (κ2) is 5.21. The molecule has 1 spiro atoms. The summed E-state index contributed by atoms with van der Waals surface area (Å²) in [6, 6.07) is 0.504. The van der Waals surface area contributed by atoms with E-state index in [4.69, 9.17) is 5.73 Å². The predicted molar refractivity (Wildman–Crippen MR) is 77.4 cm³/mol. The van der Waals surface area contributed by atoms with E-state index in [1.807, 2.05) is 0 Å². The van der Waals surface area contributed by atoms with Crippen LogP contribution in [0.3, 0.4) is 0 Å². The Morgan fingerprint density at radius 3 is 2.78 bits per heavy atom. The van der Waals surface area contributed by atoms with E-state index in [1.165, 1.54) is 18.7 Å². The highest BCUT2D eigenvalue weighted by Crippen LogP contribution is 2.52. The van der Waals surface area contributed by atoms with Gasteiger partial charge in [0, 0.05) is 19.0 Å². The van der Waals surface area contributed by atoms with Crippen molar-refractivity contribution in [2.45, 2.75) is 44.6 Å². The number of halogens is 2. The zero-order chi connectivity index (χ0) is 16.8. The lowest BCUT2D eigenvalue weighted by Gasteiger charge is -2.35. The molecule has 1 aliphatic heterocycles. The van der Waals surface area contributed by atoms with Crippen molar-refractivity contribution in [1.82, 2.24) is 9.97 Å². The van der Waals surface area contributed by atoms with Crippen LogP contribution in [0.2, 0.25) is 0 Å². The van der Waals surface area contributed by atoms with E-state index < -0.39 is 35.6 Å². The first-order chi connectivity index (χ1) is 10.7. The van der Waals surface area contributed by atoms with Crippen LogP contribution in [-0.2, 0) is 9.59 Å². The lowest BCUT2D eigenvalue weighted by Crippen LogP contribution is -2.45. The number of rotatable bonds is 2. The molecule has 8 heteroatoms. The molecule has 0 aromatic carbocycles. The van der Waals surface area contributed by atoms with E-state index in [-0.39, 0.29) is 25.1 Å². The summed E-state index contributed by atoms with van der Waals surface area (Å²) in [6.45, 7) is 1.64. The van der Waals surface area contributed by atoms with Crippen LogP contribution in [-0.4, -0.2) is 33.7 Å². The van der Waals surface area contributed by atoms with Gasteiger partial charge in [0.05, 0.1) is 5.41 Å². The zero-order valence-electron chi connectivity index (χ0n) is 12.6. The number of hydrogen-bond donors (Lipinski definition) is 1. The van der Waals surface area contributed by atoms with Gasteiger partial charge in [-0.25, -0.2) is 18.7 Å². The SMILES string of the molecule is Cc1nccc(N2C(=O)C3(C[CH]CC(F)(F)C3)CC2C(N)=O)n1. The molecule has 2 atom stereocenters. The van der Waals surface area contributed by atoms with Gasteiger partial charge >= 0.3 is 0 Å². The van der Waals surface area contributed by atoms with Crippen molar-refractivity contribution in [3.8, 4) is 0 Å². The van der Waals surface area contributed by atoms with Crippen LogP contribution in [0.4, 0.5) is 14.6 Å². The number of carbonyl (C=O) groups is 2. The molecule has 2 fully saturated rings. The van der Waals surface area contributed by atoms with Gasteiger partial charge in [-0.05, 0) is 32.3 Å². The zero-order valence-corrected chi connectivity index (χ0v) is 12.6. The Balaban J connectivity index is 2.02. The number of aryl methyl sites for hydroxylation is 1. The Morgan fingerprint density at radius 2 is 2.17 bits per heavy atom. The van der Waals surface area contributed by atoms with Crippen LogP contribution < -0.4 is 10.6 Å². The van der Waals surface area contributed by atoms with Gasteiger partial charge in [-0.3, -0.25) is 14.5 Å². The fraction of sp³-hybridized carbons (Fsp3) is 0.533. The molecule has 2 unspecified atom stereocenters. The second-order valence-electron chi connectivity index (χ2n) is 6.27. The molecule has 2 heterocycles. The average Bonchev–Trinajstić information content (AvgIpc) is 2.71. The van der Waals surface area contributed by atoms with E-state index in [1.54, 1.807) is 6.92 Å². The van der Waals surface area contributed by atoms with Crippen molar-refractivity contribution in [2.24, 2.45) is 11.1 Å². The highest BCUT2D eigenvalue weighted by Gasteiger charge is 2.59. The van der Waals surface area contributed by atoms with Crippen molar-refractivity contribution < 1.29 is 18.4 Å². The van der Waals surface area contributed by atoms with Gasteiger partial charge in [0.2, 0.25) is 17.7 Å². The maximum absolute atomic E-state index is 13.9. The van der Waals surface area contributed by atoms with Crippen LogP contribution in [0.5, 0.6) is 0 Å². The summed E-state index contributed by atoms with van der Waals surface area (Å²) in [5.74, 6) is -3.55. The minimum Gasteiger partial charge on any atom is -0.368 e. The molecule has 3 rings (SSSR count). The standard InChI is InChI=1S/C15H17F2N4O2/c1-9-19-6-3-11(20-9)21-10(12(18)22)7-14(13(21)23)4-2-5-15(16,17)8-14/h2-3,6,10H,4-5,7-8H2,1H3,(H2,18,22). The van der Waals surface area contributed by atoms with E-state index in [0.717, 1.165) is 4.90 Å². The van der Waals surface area contributed by atoms with Crippen molar-refractivity contribution in [3.63, 3.8) is 0 Å². The molecule has 2 amide bonds. The number of primary amides is 1. The van der Waals surface area contributed by atoms with Gasteiger partial charge in [-0.15, -0.1) is 0 Å². The summed E-state index contributed by atoms with van der Waals surface area (Å²) < 4.78 is 27.7. The number of hydrogen-bond acceptors (Lipinski definition) is 4. The summed E-state index contributed by atoms with van der Waals surface area (Å²) in [4.78, 5) is 33.9. The van der Waals surface area contributed by atoms with E-state index in [0.29, 0.717) is 5.82 Å². The first-order valence-corrected chi connectivity index (χ1v) is 7.36. The first kappa shape index (κ1) is 15.8. The number of nitrogens with two attached hydrogens (primary N) is 1. The molecule has 6 nitrogen and oxygen atoms in total. The number of carbonyl (C=O) groups excluding carboxylic acids is 2. The molecule has 1 radical (unpaired) electrons. The smallest absolute Gasteiger partial charge is 0.249 e. The van der Waals surface area contributed by atoms with Crippen LogP contribution in [0, 0.1) is 18.8 Å². The Morgan fingerprint density at radius 1 is 1.43 bits per heavy atom. The van der Waals surface area contributed by atoms with Gasteiger partial charge in [0.25, 0.3) is 0 Å². The molecule has 23 heavy (non-hydrogen) atoms. The molecule has 1 aromatic rings. The van der Waals surface area contributed by atoms with Crippen molar-refractivity contribution in [1.29, 1.82) is 0 Å². The maximum Gasteiger partial charge on any atom is 0.249 e. The first-order valence-electron chi connectivity index (χ1n) is 7.36. The van der Waals surface area contributed by atoms with E-state index in [2.05, 4.69) is 9.97 Å². The molecule has 1 saturated heterocycles. The van der Waals surface area contributed by atoms with Gasteiger partial charge in [0.15, 0.2) is 0 Å². The normalized spacial score (nSPS) is 30.0. The molecular weight excluding hydrogens is 306 g/mol. The molecule has 1 aromatic heterocycles. The van der Waals surface area contributed by atoms with Gasteiger partial charge < -0.3 is 5.73 Å². The Kier molecular flexibility index (Phi) is 3.57. The molecule has 2 aliphatic rings. The van der Waals surface area contributed by atoms with E-state index >= 15 is 0 Å². The minimum absolute atomic E-state index is 0.0176. The summed E-state index contributed by atoms with van der Waals surface area (Å²) in [6.07, 6.45) is 2.15. The molecule has 1 aliphatic carbocycles. The summed E-state index contributed by atoms with van der Waals surface area (Å²) in [7, 11) is 0. The average molecular weight is 323 g/mol. The van der Waals surface area contributed by atoms with Crippen LogP contribution in [0.1, 0.15) is 31.5 Å². The lowest BCUT2D eigenvalue weighted by molar-refractivity contribution is -0.135. The Labute approximate surface area is 132 Å². The monoisotopic (exact) mass is 323 g/mol. The molecular formula is C15H17F2N4O2.